The minimum absolute atomic E-state index is 0.184. The average Bonchev–Trinajstić information content (AvgIpc) is 2.66. The summed E-state index contributed by atoms with van der Waals surface area (Å²) in [5.74, 6) is -0.184. The predicted molar refractivity (Wildman–Crippen MR) is 105 cm³/mol. The molecule has 1 heterocycles. The zero-order valence-corrected chi connectivity index (χ0v) is 15.3. The molecule has 4 nitrogen and oxygen atoms in total. The van der Waals surface area contributed by atoms with Gasteiger partial charge in [0.15, 0.2) is 0 Å². The number of anilines is 1. The number of rotatable bonds is 6. The zero-order valence-electron chi connectivity index (χ0n) is 14.5. The molecule has 0 fully saturated rings. The van der Waals surface area contributed by atoms with Crippen molar-refractivity contribution in [2.45, 2.75) is 20.0 Å². The van der Waals surface area contributed by atoms with Crippen LogP contribution in [0, 0.1) is 6.92 Å². The van der Waals surface area contributed by atoms with Crippen molar-refractivity contribution in [3.63, 3.8) is 0 Å². The number of halogens is 1. The quantitative estimate of drug-likeness (QED) is 0.672. The van der Waals surface area contributed by atoms with Gasteiger partial charge in [-0.2, -0.15) is 0 Å². The number of carbonyl (C=O) groups excluding carboxylic acids is 1. The number of nitrogens with one attached hydrogen (secondary N) is 2. The number of aryl methyl sites for hydroxylation is 1. The summed E-state index contributed by atoms with van der Waals surface area (Å²) in [6, 6.07) is 19.3. The van der Waals surface area contributed by atoms with Crippen molar-refractivity contribution < 1.29 is 4.79 Å². The molecule has 0 aliphatic rings. The van der Waals surface area contributed by atoms with Gasteiger partial charge in [0.05, 0.1) is 11.9 Å². The summed E-state index contributed by atoms with van der Waals surface area (Å²) < 4.78 is 0. The molecule has 3 rings (SSSR count). The molecule has 0 saturated carbocycles. The predicted octanol–water partition coefficient (Wildman–Crippen LogP) is 4.59. The molecule has 0 radical (unpaired) electrons. The summed E-state index contributed by atoms with van der Waals surface area (Å²) >= 11 is 5.88. The number of hydrogen-bond acceptors (Lipinski definition) is 3. The van der Waals surface area contributed by atoms with Crippen molar-refractivity contribution >= 4 is 23.2 Å². The van der Waals surface area contributed by atoms with Crippen molar-refractivity contribution in [3.05, 3.63) is 94.3 Å². The minimum atomic E-state index is -0.184. The van der Waals surface area contributed by atoms with E-state index in [0.29, 0.717) is 18.8 Å². The van der Waals surface area contributed by atoms with Crippen molar-refractivity contribution in [1.82, 2.24) is 10.3 Å². The Bertz CT molecular complexity index is 877. The van der Waals surface area contributed by atoms with Crippen LogP contribution in [0.3, 0.4) is 0 Å². The summed E-state index contributed by atoms with van der Waals surface area (Å²) in [5.41, 5.74) is 4.62. The number of hydrogen-bond donors (Lipinski definition) is 2. The first kappa shape index (κ1) is 18.0. The second-order valence-corrected chi connectivity index (χ2v) is 6.52. The van der Waals surface area contributed by atoms with E-state index in [4.69, 9.17) is 11.6 Å². The van der Waals surface area contributed by atoms with E-state index in [1.807, 2.05) is 55.5 Å². The molecule has 3 aromatic rings. The fraction of sp³-hybridized carbons (Fsp3) is 0.143. The first-order valence-electron chi connectivity index (χ1n) is 8.38. The summed E-state index contributed by atoms with van der Waals surface area (Å²) in [6.45, 7) is 3.18. The molecular weight excluding hydrogens is 346 g/mol. The lowest BCUT2D eigenvalue weighted by atomic mass is 10.1. The molecule has 26 heavy (non-hydrogen) atoms. The molecule has 0 saturated heterocycles. The molecule has 2 aromatic carbocycles. The van der Waals surface area contributed by atoms with Gasteiger partial charge in [0.25, 0.3) is 5.91 Å². The van der Waals surface area contributed by atoms with Gasteiger partial charge in [0.1, 0.15) is 5.69 Å². The van der Waals surface area contributed by atoms with E-state index >= 15 is 0 Å². The fourth-order valence-corrected chi connectivity index (χ4v) is 2.66. The normalized spacial score (nSPS) is 10.4. The molecule has 0 bridgehead atoms. The van der Waals surface area contributed by atoms with Gasteiger partial charge in [-0.05, 0) is 42.3 Å². The van der Waals surface area contributed by atoms with Crippen LogP contribution in [-0.2, 0) is 13.1 Å². The van der Waals surface area contributed by atoms with Crippen LogP contribution < -0.4 is 10.6 Å². The topological polar surface area (TPSA) is 54.0 Å². The van der Waals surface area contributed by atoms with E-state index in [0.717, 1.165) is 21.8 Å². The third-order valence-electron chi connectivity index (χ3n) is 3.94. The van der Waals surface area contributed by atoms with Crippen LogP contribution in [0.1, 0.15) is 27.2 Å². The van der Waals surface area contributed by atoms with Gasteiger partial charge in [0.2, 0.25) is 0 Å². The Kier molecular flexibility index (Phi) is 5.87. The van der Waals surface area contributed by atoms with E-state index in [-0.39, 0.29) is 5.91 Å². The molecule has 5 heteroatoms. The highest BCUT2D eigenvalue weighted by Gasteiger charge is 2.07. The molecule has 1 amide bonds. The van der Waals surface area contributed by atoms with E-state index in [9.17, 15) is 4.79 Å². The second-order valence-electron chi connectivity index (χ2n) is 6.08. The maximum absolute atomic E-state index is 12.2. The lowest BCUT2D eigenvalue weighted by Gasteiger charge is -2.08. The Morgan fingerprint density at radius 2 is 1.81 bits per heavy atom. The van der Waals surface area contributed by atoms with Crippen molar-refractivity contribution in [2.24, 2.45) is 0 Å². The van der Waals surface area contributed by atoms with E-state index < -0.39 is 0 Å². The van der Waals surface area contributed by atoms with Gasteiger partial charge in [-0.3, -0.25) is 4.79 Å². The molecule has 132 valence electrons. The smallest absolute Gasteiger partial charge is 0.270 e. The maximum Gasteiger partial charge on any atom is 0.270 e. The van der Waals surface area contributed by atoms with Crippen LogP contribution in [0.5, 0.6) is 0 Å². The number of benzene rings is 2. The molecule has 0 spiro atoms. The maximum atomic E-state index is 12.2. The van der Waals surface area contributed by atoms with Gasteiger partial charge in [-0.15, -0.1) is 0 Å². The van der Waals surface area contributed by atoms with Gasteiger partial charge in [0, 0.05) is 18.1 Å². The zero-order chi connectivity index (χ0) is 18.4. The molecule has 0 unspecified atom stereocenters. The Hall–Kier alpha value is -2.85. The number of pyridine rings is 1. The Morgan fingerprint density at radius 1 is 1.00 bits per heavy atom. The standard InChI is InChI=1S/C21H20ClN3O/c1-15-3-2-4-17(11-15)13-25-21(26)20-10-9-19(14-24-20)23-12-16-5-7-18(22)8-6-16/h2-11,14,23H,12-13H2,1H3,(H,25,26). The average molecular weight is 366 g/mol. The highest BCUT2D eigenvalue weighted by Crippen LogP contribution is 2.12. The molecule has 0 atom stereocenters. The van der Waals surface area contributed by atoms with Crippen molar-refractivity contribution in [3.8, 4) is 0 Å². The summed E-state index contributed by atoms with van der Waals surface area (Å²) in [4.78, 5) is 16.5. The first-order valence-corrected chi connectivity index (χ1v) is 8.76. The first-order chi connectivity index (χ1) is 12.6. The number of aromatic nitrogens is 1. The van der Waals surface area contributed by atoms with Gasteiger partial charge >= 0.3 is 0 Å². The van der Waals surface area contributed by atoms with Gasteiger partial charge in [-0.1, -0.05) is 53.6 Å². The van der Waals surface area contributed by atoms with E-state index in [2.05, 4.69) is 21.7 Å². The Balaban J connectivity index is 1.53. The van der Waals surface area contributed by atoms with Crippen LogP contribution in [-0.4, -0.2) is 10.9 Å². The van der Waals surface area contributed by atoms with Crippen molar-refractivity contribution in [1.29, 1.82) is 0 Å². The summed E-state index contributed by atoms with van der Waals surface area (Å²) in [7, 11) is 0. The minimum Gasteiger partial charge on any atom is -0.380 e. The number of carbonyl (C=O) groups is 1. The lowest BCUT2D eigenvalue weighted by molar-refractivity contribution is 0.0946. The molecule has 2 N–H and O–H groups in total. The summed E-state index contributed by atoms with van der Waals surface area (Å²) in [6.07, 6.45) is 1.66. The molecule has 1 aromatic heterocycles. The Morgan fingerprint density at radius 3 is 2.50 bits per heavy atom. The third-order valence-corrected chi connectivity index (χ3v) is 4.19. The van der Waals surface area contributed by atoms with Gasteiger partial charge < -0.3 is 10.6 Å². The number of nitrogens with zero attached hydrogens (tertiary/aromatic N) is 1. The van der Waals surface area contributed by atoms with Crippen LogP contribution in [0.25, 0.3) is 0 Å². The number of amides is 1. The fourth-order valence-electron chi connectivity index (χ4n) is 2.53. The van der Waals surface area contributed by atoms with E-state index in [1.54, 1.807) is 12.3 Å². The molecular formula is C21H20ClN3O. The summed E-state index contributed by atoms with van der Waals surface area (Å²) in [5, 5.41) is 6.88. The highest BCUT2D eigenvalue weighted by molar-refractivity contribution is 6.30. The van der Waals surface area contributed by atoms with Crippen LogP contribution in [0.4, 0.5) is 5.69 Å². The van der Waals surface area contributed by atoms with E-state index in [1.165, 1.54) is 5.56 Å². The van der Waals surface area contributed by atoms with Gasteiger partial charge in [-0.25, -0.2) is 4.98 Å². The van der Waals surface area contributed by atoms with Crippen LogP contribution >= 0.6 is 11.6 Å². The van der Waals surface area contributed by atoms with Crippen LogP contribution in [0.15, 0.2) is 66.9 Å². The monoisotopic (exact) mass is 365 g/mol. The largest absolute Gasteiger partial charge is 0.380 e. The van der Waals surface area contributed by atoms with Crippen molar-refractivity contribution in [2.75, 3.05) is 5.32 Å². The third kappa shape index (κ3) is 5.07. The lowest BCUT2D eigenvalue weighted by Crippen LogP contribution is -2.23. The highest BCUT2D eigenvalue weighted by atomic mass is 35.5. The SMILES string of the molecule is Cc1cccc(CNC(=O)c2ccc(NCc3ccc(Cl)cc3)cn2)c1. The van der Waals surface area contributed by atoms with Crippen LogP contribution in [0.2, 0.25) is 5.02 Å². The molecule has 0 aliphatic heterocycles. The second kappa shape index (κ2) is 8.50. The Labute approximate surface area is 158 Å². The molecule has 0 aliphatic carbocycles.